The van der Waals surface area contributed by atoms with Crippen LogP contribution in [0.5, 0.6) is 0 Å². The zero-order chi connectivity index (χ0) is 10.4. The second kappa shape index (κ2) is 2.90. The smallest absolute Gasteiger partial charge is 0.187 e. The molecule has 3 aromatic rings. The minimum Gasteiger partial charge on any atom is -0.197 e. The molecular weight excluding hydrogens is 212 g/mol. The molecule has 0 atom stereocenters. The molecule has 0 spiro atoms. The summed E-state index contributed by atoms with van der Waals surface area (Å²) < 4.78 is 1.69. The predicted octanol–water partition coefficient (Wildman–Crippen LogP) is 2.24. The number of halogens is 1. The van der Waals surface area contributed by atoms with Crippen molar-refractivity contribution in [2.45, 2.75) is 6.92 Å². The van der Waals surface area contributed by atoms with Crippen LogP contribution in [0.25, 0.3) is 16.4 Å². The van der Waals surface area contributed by atoms with Crippen molar-refractivity contribution in [2.75, 3.05) is 0 Å². The van der Waals surface area contributed by atoms with Crippen molar-refractivity contribution in [3.8, 4) is 0 Å². The highest BCUT2D eigenvalue weighted by molar-refractivity contribution is 6.36. The van der Waals surface area contributed by atoms with Gasteiger partial charge in [-0.25, -0.2) is 0 Å². The summed E-state index contributed by atoms with van der Waals surface area (Å²) in [7, 11) is 0. The van der Waals surface area contributed by atoms with Crippen molar-refractivity contribution >= 4 is 28.0 Å². The van der Waals surface area contributed by atoms with E-state index in [0.717, 1.165) is 16.6 Å². The fourth-order valence-electron chi connectivity index (χ4n) is 1.66. The molecule has 3 rings (SSSR count). The average Bonchev–Trinajstić information content (AvgIpc) is 2.61. The first kappa shape index (κ1) is 8.61. The minimum absolute atomic E-state index is 0.673. The highest BCUT2D eigenvalue weighted by atomic mass is 35.5. The van der Waals surface area contributed by atoms with Gasteiger partial charge in [0.15, 0.2) is 11.5 Å². The second-order valence-electron chi connectivity index (χ2n) is 3.33. The first-order valence-corrected chi connectivity index (χ1v) is 4.90. The van der Waals surface area contributed by atoms with Crippen LogP contribution in [0.3, 0.4) is 0 Å². The molecule has 4 nitrogen and oxygen atoms in total. The Labute approximate surface area is 90.5 Å². The Kier molecular flexibility index (Phi) is 1.67. The molecule has 0 radical (unpaired) electrons. The van der Waals surface area contributed by atoms with Gasteiger partial charge in [0.2, 0.25) is 0 Å². The normalized spacial score (nSPS) is 11.3. The van der Waals surface area contributed by atoms with E-state index in [0.29, 0.717) is 10.7 Å². The second-order valence-corrected chi connectivity index (χ2v) is 3.74. The maximum absolute atomic E-state index is 6.14. The minimum atomic E-state index is 0.673. The third kappa shape index (κ3) is 1.11. The van der Waals surface area contributed by atoms with Crippen LogP contribution in [0, 0.1) is 6.92 Å². The summed E-state index contributed by atoms with van der Waals surface area (Å²) >= 11 is 6.14. The molecule has 5 heteroatoms. The molecule has 74 valence electrons. The van der Waals surface area contributed by atoms with Crippen molar-refractivity contribution < 1.29 is 0 Å². The topological polar surface area (TPSA) is 43.1 Å². The first-order valence-electron chi connectivity index (χ1n) is 4.52. The lowest BCUT2D eigenvalue weighted by atomic mass is 10.2. The van der Waals surface area contributed by atoms with Gasteiger partial charge in [-0.3, -0.25) is 0 Å². The number of rotatable bonds is 0. The van der Waals surface area contributed by atoms with Gasteiger partial charge >= 0.3 is 0 Å². The lowest BCUT2D eigenvalue weighted by Gasteiger charge is -2.00. The Morgan fingerprint density at radius 2 is 2.13 bits per heavy atom. The molecule has 0 aliphatic rings. The van der Waals surface area contributed by atoms with E-state index in [1.54, 1.807) is 10.7 Å². The Morgan fingerprint density at radius 3 is 3.00 bits per heavy atom. The van der Waals surface area contributed by atoms with Gasteiger partial charge in [-0.1, -0.05) is 23.7 Å². The molecule has 0 bridgehead atoms. The van der Waals surface area contributed by atoms with Gasteiger partial charge in [0, 0.05) is 10.8 Å². The summed E-state index contributed by atoms with van der Waals surface area (Å²) in [4.78, 5) is 0. The SMILES string of the molecule is Cc1nnc2c3c(Cl)cccc3cnn12. The van der Waals surface area contributed by atoms with Gasteiger partial charge in [0.1, 0.15) is 0 Å². The van der Waals surface area contributed by atoms with Crippen LogP contribution in [0.2, 0.25) is 5.02 Å². The van der Waals surface area contributed by atoms with Crippen molar-refractivity contribution in [2.24, 2.45) is 0 Å². The van der Waals surface area contributed by atoms with E-state index < -0.39 is 0 Å². The third-order valence-corrected chi connectivity index (χ3v) is 2.69. The van der Waals surface area contributed by atoms with Gasteiger partial charge < -0.3 is 0 Å². The molecule has 0 aliphatic heterocycles. The van der Waals surface area contributed by atoms with Crippen molar-refractivity contribution in [3.05, 3.63) is 35.2 Å². The number of aryl methyl sites for hydroxylation is 1. The Bertz CT molecular complexity index is 659. The number of aromatic nitrogens is 4. The van der Waals surface area contributed by atoms with E-state index in [-0.39, 0.29) is 0 Å². The number of nitrogens with zero attached hydrogens (tertiary/aromatic N) is 4. The van der Waals surface area contributed by atoms with Gasteiger partial charge in [-0.15, -0.1) is 10.2 Å². The van der Waals surface area contributed by atoms with E-state index in [1.807, 2.05) is 25.1 Å². The lowest BCUT2D eigenvalue weighted by molar-refractivity contribution is 0.881. The van der Waals surface area contributed by atoms with Gasteiger partial charge in [0.05, 0.1) is 11.2 Å². The summed E-state index contributed by atoms with van der Waals surface area (Å²) in [5, 5.41) is 14.8. The summed E-state index contributed by atoms with van der Waals surface area (Å²) in [6, 6.07) is 5.69. The molecule has 0 aliphatic carbocycles. The van der Waals surface area contributed by atoms with Crippen LogP contribution < -0.4 is 0 Å². The summed E-state index contributed by atoms with van der Waals surface area (Å²) in [5.41, 5.74) is 0.704. The van der Waals surface area contributed by atoms with E-state index in [1.165, 1.54) is 0 Å². The number of benzene rings is 1. The van der Waals surface area contributed by atoms with Crippen molar-refractivity contribution in [3.63, 3.8) is 0 Å². The van der Waals surface area contributed by atoms with Crippen molar-refractivity contribution in [1.82, 2.24) is 19.8 Å². The molecule has 0 fully saturated rings. The molecule has 0 saturated heterocycles. The standard InChI is InChI=1S/C10H7ClN4/c1-6-13-14-10-9-7(5-12-15(6)10)3-2-4-8(9)11/h2-5H,1H3. The molecule has 15 heavy (non-hydrogen) atoms. The van der Waals surface area contributed by atoms with Crippen LogP contribution >= 0.6 is 11.6 Å². The van der Waals surface area contributed by atoms with Crippen molar-refractivity contribution in [1.29, 1.82) is 0 Å². The quantitative estimate of drug-likeness (QED) is 0.581. The van der Waals surface area contributed by atoms with Crippen LogP contribution in [-0.2, 0) is 0 Å². The largest absolute Gasteiger partial charge is 0.197 e. The highest BCUT2D eigenvalue weighted by Gasteiger charge is 2.08. The van der Waals surface area contributed by atoms with Crippen LogP contribution in [-0.4, -0.2) is 19.8 Å². The Balaban J connectivity index is 2.64. The molecule has 0 saturated carbocycles. The number of hydrogen-bond donors (Lipinski definition) is 0. The van der Waals surface area contributed by atoms with E-state index in [9.17, 15) is 0 Å². The fourth-order valence-corrected chi connectivity index (χ4v) is 1.92. The van der Waals surface area contributed by atoms with Crippen LogP contribution in [0.15, 0.2) is 24.4 Å². The molecule has 2 aromatic heterocycles. The van der Waals surface area contributed by atoms with Crippen LogP contribution in [0.4, 0.5) is 0 Å². The fraction of sp³-hybridized carbons (Fsp3) is 0.100. The molecule has 0 unspecified atom stereocenters. The van der Waals surface area contributed by atoms with E-state index >= 15 is 0 Å². The number of fused-ring (bicyclic) bond motifs is 3. The monoisotopic (exact) mass is 218 g/mol. The Hall–Kier alpha value is -1.68. The van der Waals surface area contributed by atoms with Crippen LogP contribution in [0.1, 0.15) is 5.82 Å². The molecule has 1 aromatic carbocycles. The first-order chi connectivity index (χ1) is 7.27. The predicted molar refractivity (Wildman–Crippen MR) is 58.0 cm³/mol. The maximum Gasteiger partial charge on any atom is 0.187 e. The molecule has 2 heterocycles. The third-order valence-electron chi connectivity index (χ3n) is 2.38. The molecular formula is C10H7ClN4. The van der Waals surface area contributed by atoms with E-state index in [2.05, 4.69) is 15.3 Å². The van der Waals surface area contributed by atoms with Gasteiger partial charge in [0.25, 0.3) is 0 Å². The Morgan fingerprint density at radius 1 is 1.27 bits per heavy atom. The summed E-state index contributed by atoms with van der Waals surface area (Å²) in [6.07, 6.45) is 1.77. The zero-order valence-corrected chi connectivity index (χ0v) is 8.73. The van der Waals surface area contributed by atoms with Gasteiger partial charge in [-0.05, 0) is 13.0 Å². The van der Waals surface area contributed by atoms with E-state index in [4.69, 9.17) is 11.6 Å². The summed E-state index contributed by atoms with van der Waals surface area (Å²) in [6.45, 7) is 1.86. The maximum atomic E-state index is 6.14. The molecule has 0 N–H and O–H groups in total. The average molecular weight is 219 g/mol. The van der Waals surface area contributed by atoms with Gasteiger partial charge in [-0.2, -0.15) is 9.61 Å². The zero-order valence-electron chi connectivity index (χ0n) is 7.98. The highest BCUT2D eigenvalue weighted by Crippen LogP contribution is 2.25. The lowest BCUT2D eigenvalue weighted by Crippen LogP contribution is -1.94. The molecule has 0 amide bonds. The number of hydrogen-bond acceptors (Lipinski definition) is 3. The summed E-state index contributed by atoms with van der Waals surface area (Å²) in [5.74, 6) is 0.756.